The molecule has 0 aromatic heterocycles. The molecule has 0 amide bonds. The van der Waals surface area contributed by atoms with Crippen molar-refractivity contribution in [1.29, 1.82) is 0 Å². The van der Waals surface area contributed by atoms with Crippen LogP contribution in [0, 0.1) is 5.92 Å². The molecule has 96 valence electrons. The van der Waals surface area contributed by atoms with E-state index >= 15 is 0 Å². The van der Waals surface area contributed by atoms with E-state index in [4.69, 9.17) is 14.6 Å². The molecule has 5 heteroatoms. The average molecular weight is 248 g/mol. The number of anilines is 1. The maximum atomic E-state index is 5.68. The van der Waals surface area contributed by atoms with Gasteiger partial charge in [-0.2, -0.15) is 0 Å². The summed E-state index contributed by atoms with van der Waals surface area (Å²) in [4.78, 5) is 17.5. The van der Waals surface area contributed by atoms with Gasteiger partial charge in [-0.15, -0.1) is 0 Å². The Morgan fingerprint density at radius 3 is 2.67 bits per heavy atom. The Labute approximate surface area is 106 Å². The van der Waals surface area contributed by atoms with E-state index < -0.39 is 0 Å². The molecule has 0 spiro atoms. The lowest BCUT2D eigenvalue weighted by atomic mass is 10.2. The van der Waals surface area contributed by atoms with Crippen LogP contribution in [0.1, 0.15) is 0 Å². The predicted octanol–water partition coefficient (Wildman–Crippen LogP) is 1.75. The van der Waals surface area contributed by atoms with Crippen LogP contribution >= 0.6 is 0 Å². The topological polar surface area (TPSA) is 34.2 Å². The fourth-order valence-electron chi connectivity index (χ4n) is 1.90. The van der Waals surface area contributed by atoms with Crippen LogP contribution < -0.4 is 4.90 Å². The van der Waals surface area contributed by atoms with Crippen molar-refractivity contribution in [3.63, 3.8) is 0 Å². The van der Waals surface area contributed by atoms with Gasteiger partial charge in [0, 0.05) is 24.0 Å². The van der Waals surface area contributed by atoms with Gasteiger partial charge in [0.15, 0.2) is 0 Å². The molecule has 0 saturated carbocycles. The van der Waals surface area contributed by atoms with Gasteiger partial charge in [-0.1, -0.05) is 18.2 Å². The number of rotatable bonds is 4. The highest BCUT2D eigenvalue weighted by atomic mass is 17.2. The molecule has 0 radical (unpaired) electrons. The number of para-hydroxylation sites is 1. The van der Waals surface area contributed by atoms with Gasteiger partial charge >= 0.3 is 0 Å². The van der Waals surface area contributed by atoms with Crippen molar-refractivity contribution in [2.24, 2.45) is 5.92 Å². The molecule has 5 nitrogen and oxygen atoms in total. The molecule has 1 fully saturated rings. The first-order valence-corrected chi connectivity index (χ1v) is 6.06. The van der Waals surface area contributed by atoms with Crippen LogP contribution in [-0.4, -0.2) is 31.6 Å². The molecule has 0 aliphatic carbocycles. The number of benzene rings is 1. The van der Waals surface area contributed by atoms with E-state index in [0.717, 1.165) is 5.69 Å². The molecule has 1 saturated heterocycles. The van der Waals surface area contributed by atoms with Gasteiger partial charge in [-0.3, -0.25) is 4.84 Å². The molecular formula is C13H16N2O3. The SMILES string of the molecule is C1=CN(c2ccccc2)CN1OCC1COOC1. The molecule has 2 aliphatic heterocycles. The third-order valence-corrected chi connectivity index (χ3v) is 2.96. The molecule has 0 unspecified atom stereocenters. The zero-order valence-electron chi connectivity index (χ0n) is 10.1. The third-order valence-electron chi connectivity index (χ3n) is 2.96. The molecule has 3 rings (SSSR count). The quantitative estimate of drug-likeness (QED) is 0.758. The van der Waals surface area contributed by atoms with E-state index in [1.807, 2.05) is 35.7 Å². The highest BCUT2D eigenvalue weighted by Crippen LogP contribution is 2.19. The summed E-state index contributed by atoms with van der Waals surface area (Å²) in [6, 6.07) is 10.2. The van der Waals surface area contributed by atoms with Gasteiger partial charge in [0.25, 0.3) is 0 Å². The van der Waals surface area contributed by atoms with E-state index in [2.05, 4.69) is 17.0 Å². The Balaban J connectivity index is 1.48. The average Bonchev–Trinajstić information content (AvgIpc) is 3.09. The Bertz CT molecular complexity index is 404. The highest BCUT2D eigenvalue weighted by molar-refractivity contribution is 5.49. The molecule has 2 aliphatic rings. The molecule has 0 bridgehead atoms. The molecule has 1 aromatic carbocycles. The van der Waals surface area contributed by atoms with Gasteiger partial charge in [0.2, 0.25) is 0 Å². The summed E-state index contributed by atoms with van der Waals surface area (Å²) in [6.07, 6.45) is 3.95. The summed E-state index contributed by atoms with van der Waals surface area (Å²) in [5, 5.41) is 1.82. The summed E-state index contributed by atoms with van der Waals surface area (Å²) in [5.74, 6) is 0.323. The van der Waals surface area contributed by atoms with E-state index in [0.29, 0.717) is 32.4 Å². The van der Waals surface area contributed by atoms with Gasteiger partial charge in [-0.05, 0) is 12.1 Å². The van der Waals surface area contributed by atoms with E-state index in [1.165, 1.54) is 0 Å². The summed E-state index contributed by atoms with van der Waals surface area (Å²) >= 11 is 0. The minimum atomic E-state index is 0.323. The Kier molecular flexibility index (Phi) is 3.45. The minimum Gasteiger partial charge on any atom is -0.326 e. The smallest absolute Gasteiger partial charge is 0.120 e. The second kappa shape index (κ2) is 5.39. The summed E-state index contributed by atoms with van der Waals surface area (Å²) in [5.41, 5.74) is 1.16. The number of hydrogen-bond acceptors (Lipinski definition) is 5. The fourth-order valence-corrected chi connectivity index (χ4v) is 1.90. The molecule has 2 heterocycles. The summed E-state index contributed by atoms with van der Waals surface area (Å²) < 4.78 is 0. The van der Waals surface area contributed by atoms with Gasteiger partial charge < -0.3 is 4.90 Å². The van der Waals surface area contributed by atoms with Crippen LogP contribution in [0.15, 0.2) is 42.7 Å². The lowest BCUT2D eigenvalue weighted by Gasteiger charge is -2.21. The molecule has 1 aromatic rings. The first-order chi connectivity index (χ1) is 8.92. The van der Waals surface area contributed by atoms with Crippen LogP contribution in [-0.2, 0) is 14.6 Å². The van der Waals surface area contributed by atoms with Crippen molar-refractivity contribution in [3.05, 3.63) is 42.7 Å². The van der Waals surface area contributed by atoms with Gasteiger partial charge in [0.05, 0.1) is 19.8 Å². The molecule has 0 N–H and O–H groups in total. The number of hydroxylamine groups is 2. The lowest BCUT2D eigenvalue weighted by Crippen LogP contribution is -2.27. The van der Waals surface area contributed by atoms with Crippen molar-refractivity contribution in [3.8, 4) is 0 Å². The normalized spacial score (nSPS) is 20.0. The monoisotopic (exact) mass is 248 g/mol. The molecular weight excluding hydrogens is 232 g/mol. The third kappa shape index (κ3) is 2.64. The second-order valence-electron chi connectivity index (χ2n) is 4.39. The molecule has 0 atom stereocenters. The minimum absolute atomic E-state index is 0.323. The first-order valence-electron chi connectivity index (χ1n) is 6.06. The number of hydrogen-bond donors (Lipinski definition) is 0. The van der Waals surface area contributed by atoms with Crippen LogP contribution in [0.3, 0.4) is 0 Å². The van der Waals surface area contributed by atoms with Crippen molar-refractivity contribution >= 4 is 5.69 Å². The van der Waals surface area contributed by atoms with Crippen molar-refractivity contribution < 1.29 is 14.6 Å². The first kappa shape index (κ1) is 11.5. The zero-order chi connectivity index (χ0) is 12.2. The predicted molar refractivity (Wildman–Crippen MR) is 66.1 cm³/mol. The Morgan fingerprint density at radius 1 is 1.11 bits per heavy atom. The van der Waals surface area contributed by atoms with E-state index in [9.17, 15) is 0 Å². The van der Waals surface area contributed by atoms with Crippen molar-refractivity contribution in [1.82, 2.24) is 5.06 Å². The van der Waals surface area contributed by atoms with Crippen LogP contribution in [0.25, 0.3) is 0 Å². The Morgan fingerprint density at radius 2 is 1.89 bits per heavy atom. The molecule has 18 heavy (non-hydrogen) atoms. The van der Waals surface area contributed by atoms with E-state index in [-0.39, 0.29) is 0 Å². The lowest BCUT2D eigenvalue weighted by molar-refractivity contribution is -0.248. The van der Waals surface area contributed by atoms with Crippen molar-refractivity contribution in [2.75, 3.05) is 31.4 Å². The zero-order valence-corrected chi connectivity index (χ0v) is 10.1. The fraction of sp³-hybridized carbons (Fsp3) is 0.385. The highest BCUT2D eigenvalue weighted by Gasteiger charge is 2.20. The number of nitrogens with zero attached hydrogens (tertiary/aromatic N) is 2. The Hall–Kier alpha value is -1.56. The van der Waals surface area contributed by atoms with Crippen LogP contribution in [0.4, 0.5) is 5.69 Å². The van der Waals surface area contributed by atoms with Crippen LogP contribution in [0.2, 0.25) is 0 Å². The maximum absolute atomic E-state index is 5.68. The van der Waals surface area contributed by atoms with Crippen molar-refractivity contribution in [2.45, 2.75) is 0 Å². The standard InChI is InChI=1S/C13H16N2O3/c1-2-4-13(5-3-1)14-6-7-15(11-14)16-8-12-9-17-18-10-12/h1-7,12H,8-11H2. The second-order valence-corrected chi connectivity index (χ2v) is 4.39. The maximum Gasteiger partial charge on any atom is 0.120 e. The summed E-state index contributed by atoms with van der Waals surface area (Å²) in [7, 11) is 0. The van der Waals surface area contributed by atoms with Gasteiger partial charge in [0.1, 0.15) is 6.67 Å². The largest absolute Gasteiger partial charge is 0.326 e. The van der Waals surface area contributed by atoms with E-state index in [1.54, 1.807) is 0 Å². The summed E-state index contributed by atoms with van der Waals surface area (Å²) in [6.45, 7) is 2.55. The van der Waals surface area contributed by atoms with Gasteiger partial charge in [-0.25, -0.2) is 14.8 Å². The van der Waals surface area contributed by atoms with Crippen LogP contribution in [0.5, 0.6) is 0 Å².